The maximum absolute atomic E-state index is 12.0. The summed E-state index contributed by atoms with van der Waals surface area (Å²) in [6.45, 7) is 6.78. The van der Waals surface area contributed by atoms with Gasteiger partial charge in [0.25, 0.3) is 0 Å². The molecule has 2 rings (SSSR count). The Balaban J connectivity index is 2.24. The summed E-state index contributed by atoms with van der Waals surface area (Å²) in [6.07, 6.45) is 0. The highest BCUT2D eigenvalue weighted by Crippen LogP contribution is 2.36. The molecule has 2 saturated heterocycles. The van der Waals surface area contributed by atoms with E-state index in [1.807, 2.05) is 11.9 Å². The van der Waals surface area contributed by atoms with E-state index in [0.717, 1.165) is 13.2 Å². The van der Waals surface area contributed by atoms with Crippen molar-refractivity contribution in [1.82, 2.24) is 4.90 Å². The van der Waals surface area contributed by atoms with Crippen LogP contribution in [0.25, 0.3) is 0 Å². The molecule has 80 valence electrons. The van der Waals surface area contributed by atoms with E-state index >= 15 is 0 Å². The first kappa shape index (κ1) is 9.97. The van der Waals surface area contributed by atoms with E-state index in [-0.39, 0.29) is 11.8 Å². The summed E-state index contributed by atoms with van der Waals surface area (Å²) in [5.41, 5.74) is 0. The highest BCUT2D eigenvalue weighted by atomic mass is 16.5. The van der Waals surface area contributed by atoms with Gasteiger partial charge in [-0.05, 0) is 17.8 Å². The third-order valence-corrected chi connectivity index (χ3v) is 3.95. The van der Waals surface area contributed by atoms with Gasteiger partial charge in [0.2, 0.25) is 5.91 Å². The number of rotatable bonds is 0. The van der Waals surface area contributed by atoms with Crippen LogP contribution in [0.4, 0.5) is 0 Å². The van der Waals surface area contributed by atoms with Crippen LogP contribution in [0.3, 0.4) is 0 Å². The molecule has 0 radical (unpaired) electrons. The first-order valence-corrected chi connectivity index (χ1v) is 5.44. The van der Waals surface area contributed by atoms with Crippen LogP contribution in [-0.4, -0.2) is 37.6 Å². The molecule has 0 aliphatic carbocycles. The molecule has 0 bridgehead atoms. The number of hydrogen-bond acceptors (Lipinski definition) is 2. The van der Waals surface area contributed by atoms with Crippen molar-refractivity contribution in [2.75, 3.05) is 26.8 Å². The Kier molecular flexibility index (Phi) is 2.52. The smallest absolute Gasteiger partial charge is 0.228 e. The molecule has 14 heavy (non-hydrogen) atoms. The first-order chi connectivity index (χ1) is 6.61. The molecule has 0 aromatic heterocycles. The molecule has 0 saturated carbocycles. The number of carbonyl (C=O) groups is 1. The van der Waals surface area contributed by atoms with Gasteiger partial charge in [0.05, 0.1) is 19.1 Å². The van der Waals surface area contributed by atoms with Crippen LogP contribution in [0.5, 0.6) is 0 Å². The van der Waals surface area contributed by atoms with E-state index < -0.39 is 0 Å². The summed E-state index contributed by atoms with van der Waals surface area (Å²) in [5.74, 6) is 2.03. The highest BCUT2D eigenvalue weighted by molar-refractivity contribution is 5.79. The van der Waals surface area contributed by atoms with Gasteiger partial charge in [-0.3, -0.25) is 4.79 Å². The minimum Gasteiger partial charge on any atom is -0.380 e. The average molecular weight is 197 g/mol. The minimum absolute atomic E-state index is 0.125. The second kappa shape index (κ2) is 3.54. The van der Waals surface area contributed by atoms with E-state index in [1.165, 1.54) is 0 Å². The molecule has 1 amide bonds. The summed E-state index contributed by atoms with van der Waals surface area (Å²) < 4.78 is 5.44. The topological polar surface area (TPSA) is 29.5 Å². The molecule has 3 heteroatoms. The third kappa shape index (κ3) is 1.44. The molecule has 0 unspecified atom stereocenters. The van der Waals surface area contributed by atoms with E-state index in [9.17, 15) is 4.79 Å². The second-order valence-electron chi connectivity index (χ2n) is 4.86. The molecular formula is C11H19NO2. The largest absolute Gasteiger partial charge is 0.380 e. The molecule has 0 spiro atoms. The van der Waals surface area contributed by atoms with Crippen LogP contribution < -0.4 is 0 Å². The molecule has 2 aliphatic heterocycles. The van der Waals surface area contributed by atoms with Crippen molar-refractivity contribution in [1.29, 1.82) is 0 Å². The average Bonchev–Trinajstić information content (AvgIpc) is 2.60. The first-order valence-electron chi connectivity index (χ1n) is 5.44. The highest BCUT2D eigenvalue weighted by Gasteiger charge is 2.43. The van der Waals surface area contributed by atoms with Gasteiger partial charge in [-0.25, -0.2) is 0 Å². The minimum atomic E-state index is 0.125. The molecule has 2 heterocycles. The Morgan fingerprint density at radius 1 is 1.36 bits per heavy atom. The monoisotopic (exact) mass is 197 g/mol. The standard InChI is InChI=1S/C11H19NO2/c1-7-4-12(3)11(13)10-6-14-5-9(10)8(7)2/h7-10H,4-6H2,1-3H3/t7-,8-,9+,10+/m1/s1. The van der Waals surface area contributed by atoms with E-state index in [1.54, 1.807) is 0 Å². The number of amides is 1. The van der Waals surface area contributed by atoms with Crippen molar-refractivity contribution in [2.45, 2.75) is 13.8 Å². The fourth-order valence-electron chi connectivity index (χ4n) is 2.74. The Hall–Kier alpha value is -0.570. The lowest BCUT2D eigenvalue weighted by molar-refractivity contribution is -0.134. The SMILES string of the molecule is C[C@H]1[C@@H]2COC[C@@H]2C(=O)N(C)C[C@H]1C. The second-order valence-corrected chi connectivity index (χ2v) is 4.86. The lowest BCUT2D eigenvalue weighted by atomic mass is 9.79. The van der Waals surface area contributed by atoms with Crippen LogP contribution in [0, 0.1) is 23.7 Å². The number of nitrogens with zero attached hydrogens (tertiary/aromatic N) is 1. The maximum Gasteiger partial charge on any atom is 0.228 e. The fraction of sp³-hybridized carbons (Fsp3) is 0.909. The molecule has 2 aliphatic rings. The predicted octanol–water partition coefficient (Wildman–Crippen LogP) is 0.993. The van der Waals surface area contributed by atoms with Gasteiger partial charge in [-0.2, -0.15) is 0 Å². The lowest BCUT2D eigenvalue weighted by Crippen LogP contribution is -2.34. The zero-order valence-corrected chi connectivity index (χ0v) is 9.19. The van der Waals surface area contributed by atoms with Crippen molar-refractivity contribution < 1.29 is 9.53 Å². The Labute approximate surface area is 85.4 Å². The molecule has 4 atom stereocenters. The Bertz CT molecular complexity index is 241. The van der Waals surface area contributed by atoms with Gasteiger partial charge in [0.15, 0.2) is 0 Å². The van der Waals surface area contributed by atoms with E-state index in [4.69, 9.17) is 4.74 Å². The van der Waals surface area contributed by atoms with Gasteiger partial charge < -0.3 is 9.64 Å². The third-order valence-electron chi connectivity index (χ3n) is 3.95. The van der Waals surface area contributed by atoms with Crippen molar-refractivity contribution in [3.63, 3.8) is 0 Å². The normalized spacial score (nSPS) is 43.6. The summed E-state index contributed by atoms with van der Waals surface area (Å²) >= 11 is 0. The lowest BCUT2D eigenvalue weighted by Gasteiger charge is -2.23. The van der Waals surface area contributed by atoms with Crippen LogP contribution in [0.1, 0.15) is 13.8 Å². The zero-order chi connectivity index (χ0) is 10.3. The van der Waals surface area contributed by atoms with Crippen LogP contribution >= 0.6 is 0 Å². The van der Waals surface area contributed by atoms with Gasteiger partial charge in [0, 0.05) is 13.6 Å². The Morgan fingerprint density at radius 2 is 2.07 bits per heavy atom. The van der Waals surface area contributed by atoms with E-state index in [2.05, 4.69) is 13.8 Å². The number of carbonyl (C=O) groups excluding carboxylic acids is 1. The fourth-order valence-corrected chi connectivity index (χ4v) is 2.74. The van der Waals surface area contributed by atoms with Crippen LogP contribution in [0.15, 0.2) is 0 Å². The maximum atomic E-state index is 12.0. The number of ether oxygens (including phenoxy) is 1. The number of likely N-dealkylation sites (tertiary alicyclic amines) is 1. The van der Waals surface area contributed by atoms with Crippen molar-refractivity contribution in [3.05, 3.63) is 0 Å². The van der Waals surface area contributed by atoms with Crippen molar-refractivity contribution in [2.24, 2.45) is 23.7 Å². The van der Waals surface area contributed by atoms with Crippen molar-refractivity contribution >= 4 is 5.91 Å². The van der Waals surface area contributed by atoms with Crippen molar-refractivity contribution in [3.8, 4) is 0 Å². The molecule has 0 N–H and O–H groups in total. The predicted molar refractivity (Wildman–Crippen MR) is 53.8 cm³/mol. The quantitative estimate of drug-likeness (QED) is 0.579. The zero-order valence-electron chi connectivity index (χ0n) is 9.19. The molecule has 0 aromatic rings. The van der Waals surface area contributed by atoms with Gasteiger partial charge in [0.1, 0.15) is 0 Å². The molecule has 3 nitrogen and oxygen atoms in total. The summed E-state index contributed by atoms with van der Waals surface area (Å²) in [5, 5.41) is 0. The molecule has 0 aromatic carbocycles. The molecular weight excluding hydrogens is 178 g/mol. The number of fused-ring (bicyclic) bond motifs is 1. The van der Waals surface area contributed by atoms with Gasteiger partial charge >= 0.3 is 0 Å². The van der Waals surface area contributed by atoms with Gasteiger partial charge in [-0.15, -0.1) is 0 Å². The van der Waals surface area contributed by atoms with Crippen LogP contribution in [-0.2, 0) is 9.53 Å². The van der Waals surface area contributed by atoms with Gasteiger partial charge in [-0.1, -0.05) is 13.8 Å². The summed E-state index contributed by atoms with van der Waals surface area (Å²) in [6, 6.07) is 0. The number of hydrogen-bond donors (Lipinski definition) is 0. The molecule has 2 fully saturated rings. The van der Waals surface area contributed by atoms with Crippen LogP contribution in [0.2, 0.25) is 0 Å². The van der Waals surface area contributed by atoms with E-state index in [0.29, 0.717) is 24.4 Å². The summed E-state index contributed by atoms with van der Waals surface area (Å²) in [4.78, 5) is 13.8. The Morgan fingerprint density at radius 3 is 2.79 bits per heavy atom. The summed E-state index contributed by atoms with van der Waals surface area (Å²) in [7, 11) is 1.91.